The molecule has 0 radical (unpaired) electrons. The van der Waals surface area contributed by atoms with Crippen molar-refractivity contribution in [3.8, 4) is 5.75 Å². The second kappa shape index (κ2) is 6.07. The summed E-state index contributed by atoms with van der Waals surface area (Å²) < 4.78 is 7.44. The molecule has 1 aliphatic rings. The average Bonchev–Trinajstić information content (AvgIpc) is 2.27. The predicted octanol–water partition coefficient (Wildman–Crippen LogP) is 1.25. The van der Waals surface area contributed by atoms with Crippen LogP contribution in [0, 0.1) is 6.92 Å². The van der Waals surface area contributed by atoms with Crippen molar-refractivity contribution in [1.29, 1.82) is 0 Å². The third-order valence-corrected chi connectivity index (χ3v) is 3.07. The van der Waals surface area contributed by atoms with Crippen molar-refractivity contribution in [1.82, 2.24) is 9.88 Å². The highest BCUT2D eigenvalue weighted by atomic mass is 35.5. The summed E-state index contributed by atoms with van der Waals surface area (Å²) in [7, 11) is 1.77. The smallest absolute Gasteiger partial charge is 0.254 e. The number of nitrogens with zero attached hydrogens (tertiary/aromatic N) is 1. The van der Waals surface area contributed by atoms with Gasteiger partial charge in [0, 0.05) is 18.8 Å². The predicted molar refractivity (Wildman–Crippen MR) is 70.2 cm³/mol. The first-order valence-corrected chi connectivity index (χ1v) is 5.72. The summed E-state index contributed by atoms with van der Waals surface area (Å²) >= 11 is 0. The molecule has 1 aromatic rings. The van der Waals surface area contributed by atoms with Crippen molar-refractivity contribution >= 4 is 12.4 Å². The Labute approximate surface area is 107 Å². The highest BCUT2D eigenvalue weighted by Crippen LogP contribution is 2.15. The van der Waals surface area contributed by atoms with E-state index in [2.05, 4.69) is 5.32 Å². The standard InChI is InChI=1S/C12H18N2O2.ClH/c1-9-7-11(8-12(15)14(9)2)16-10-3-5-13-6-4-10;/h7-8,10,13H,3-6H2,1-2H3;1H. The van der Waals surface area contributed by atoms with E-state index in [1.54, 1.807) is 17.7 Å². The largest absolute Gasteiger partial charge is 0.490 e. The second-order valence-corrected chi connectivity index (χ2v) is 4.30. The Balaban J connectivity index is 0.00000144. The Hall–Kier alpha value is -1.00. The van der Waals surface area contributed by atoms with E-state index in [0.717, 1.165) is 31.6 Å². The number of halogens is 1. The van der Waals surface area contributed by atoms with Crippen LogP contribution < -0.4 is 15.6 Å². The fourth-order valence-electron chi connectivity index (χ4n) is 1.91. The molecule has 2 rings (SSSR count). The number of pyridine rings is 1. The molecule has 0 atom stereocenters. The summed E-state index contributed by atoms with van der Waals surface area (Å²) in [6.45, 7) is 3.90. The lowest BCUT2D eigenvalue weighted by Crippen LogP contribution is -2.34. The van der Waals surface area contributed by atoms with Gasteiger partial charge in [0.15, 0.2) is 0 Å². The number of nitrogens with one attached hydrogen (secondary N) is 1. The van der Waals surface area contributed by atoms with Gasteiger partial charge in [0.25, 0.3) is 5.56 Å². The van der Waals surface area contributed by atoms with Crippen LogP contribution in [-0.4, -0.2) is 23.8 Å². The molecule has 4 nitrogen and oxygen atoms in total. The van der Waals surface area contributed by atoms with Gasteiger partial charge in [-0.1, -0.05) is 0 Å². The van der Waals surface area contributed by atoms with E-state index in [4.69, 9.17) is 4.74 Å². The molecule has 1 N–H and O–H groups in total. The topological polar surface area (TPSA) is 43.3 Å². The molecule has 1 aromatic heterocycles. The molecule has 1 fully saturated rings. The summed E-state index contributed by atoms with van der Waals surface area (Å²) in [5, 5.41) is 3.29. The minimum Gasteiger partial charge on any atom is -0.490 e. The molecular formula is C12H19ClN2O2. The summed E-state index contributed by atoms with van der Waals surface area (Å²) in [5.41, 5.74) is 0.917. The van der Waals surface area contributed by atoms with Gasteiger partial charge in [-0.2, -0.15) is 0 Å². The monoisotopic (exact) mass is 258 g/mol. The van der Waals surface area contributed by atoms with Crippen molar-refractivity contribution in [2.75, 3.05) is 13.1 Å². The van der Waals surface area contributed by atoms with Crippen molar-refractivity contribution < 1.29 is 4.74 Å². The van der Waals surface area contributed by atoms with E-state index in [-0.39, 0.29) is 24.1 Å². The lowest BCUT2D eigenvalue weighted by molar-refractivity contribution is 0.162. The van der Waals surface area contributed by atoms with Crippen LogP contribution >= 0.6 is 12.4 Å². The van der Waals surface area contributed by atoms with E-state index in [9.17, 15) is 4.79 Å². The quantitative estimate of drug-likeness (QED) is 0.868. The van der Waals surface area contributed by atoms with E-state index >= 15 is 0 Å². The van der Waals surface area contributed by atoms with Crippen LogP contribution in [0.4, 0.5) is 0 Å². The van der Waals surface area contributed by atoms with Gasteiger partial charge in [0.05, 0.1) is 0 Å². The van der Waals surface area contributed by atoms with E-state index in [1.165, 1.54) is 0 Å². The molecule has 0 aliphatic carbocycles. The summed E-state index contributed by atoms with van der Waals surface area (Å²) in [4.78, 5) is 11.6. The number of rotatable bonds is 2. The SMILES string of the molecule is Cc1cc(OC2CCNCC2)cc(=O)n1C.Cl. The molecule has 1 saturated heterocycles. The van der Waals surface area contributed by atoms with Crippen LogP contribution in [-0.2, 0) is 7.05 Å². The van der Waals surface area contributed by atoms with Gasteiger partial charge in [0.2, 0.25) is 0 Å². The summed E-state index contributed by atoms with van der Waals surface area (Å²) in [5.74, 6) is 0.701. The van der Waals surface area contributed by atoms with Crippen LogP contribution in [0.25, 0.3) is 0 Å². The van der Waals surface area contributed by atoms with Crippen LogP contribution in [0.3, 0.4) is 0 Å². The minimum atomic E-state index is -0.0102. The minimum absolute atomic E-state index is 0. The lowest BCUT2D eigenvalue weighted by atomic mass is 10.1. The molecule has 0 saturated carbocycles. The Morgan fingerprint density at radius 1 is 1.35 bits per heavy atom. The zero-order chi connectivity index (χ0) is 11.5. The highest BCUT2D eigenvalue weighted by Gasteiger charge is 2.14. The van der Waals surface area contributed by atoms with Crippen molar-refractivity contribution in [2.45, 2.75) is 25.9 Å². The molecule has 96 valence electrons. The third-order valence-electron chi connectivity index (χ3n) is 3.07. The number of piperidine rings is 1. The first kappa shape index (κ1) is 14.1. The van der Waals surface area contributed by atoms with Crippen LogP contribution in [0.5, 0.6) is 5.75 Å². The number of aryl methyl sites for hydroxylation is 1. The molecular weight excluding hydrogens is 240 g/mol. The second-order valence-electron chi connectivity index (χ2n) is 4.30. The summed E-state index contributed by atoms with van der Waals surface area (Å²) in [6, 6.07) is 3.48. The highest BCUT2D eigenvalue weighted by molar-refractivity contribution is 5.85. The van der Waals surface area contributed by atoms with Gasteiger partial charge in [-0.05, 0) is 38.9 Å². The van der Waals surface area contributed by atoms with Crippen molar-refractivity contribution in [3.63, 3.8) is 0 Å². The first-order chi connectivity index (χ1) is 7.66. The first-order valence-electron chi connectivity index (χ1n) is 5.72. The van der Waals surface area contributed by atoms with E-state index < -0.39 is 0 Å². The molecule has 0 aromatic carbocycles. The van der Waals surface area contributed by atoms with Gasteiger partial charge in [-0.3, -0.25) is 4.79 Å². The lowest BCUT2D eigenvalue weighted by Gasteiger charge is -2.24. The zero-order valence-electron chi connectivity index (χ0n) is 10.2. The fraction of sp³-hybridized carbons (Fsp3) is 0.583. The Morgan fingerprint density at radius 3 is 2.59 bits per heavy atom. The van der Waals surface area contributed by atoms with Gasteiger partial charge in [0.1, 0.15) is 11.9 Å². The number of hydrogen-bond acceptors (Lipinski definition) is 3. The zero-order valence-corrected chi connectivity index (χ0v) is 11.0. The van der Waals surface area contributed by atoms with Gasteiger partial charge in [-0.25, -0.2) is 0 Å². The third kappa shape index (κ3) is 3.48. The molecule has 2 heterocycles. The van der Waals surface area contributed by atoms with Crippen LogP contribution in [0.2, 0.25) is 0 Å². The van der Waals surface area contributed by atoms with E-state index in [1.807, 2.05) is 13.0 Å². The molecule has 0 bridgehead atoms. The number of hydrogen-bond donors (Lipinski definition) is 1. The van der Waals surface area contributed by atoms with Gasteiger partial charge < -0.3 is 14.6 Å². The normalized spacial score (nSPS) is 16.4. The number of ether oxygens (including phenoxy) is 1. The van der Waals surface area contributed by atoms with Gasteiger partial charge >= 0.3 is 0 Å². The van der Waals surface area contributed by atoms with Crippen molar-refractivity contribution in [3.05, 3.63) is 28.2 Å². The fourth-order valence-corrected chi connectivity index (χ4v) is 1.91. The Kier molecular flexibility index (Phi) is 5.02. The maximum atomic E-state index is 11.6. The molecule has 1 aliphatic heterocycles. The van der Waals surface area contributed by atoms with E-state index in [0.29, 0.717) is 5.75 Å². The molecule has 5 heteroatoms. The maximum absolute atomic E-state index is 11.6. The summed E-state index contributed by atoms with van der Waals surface area (Å²) in [6.07, 6.45) is 2.26. The average molecular weight is 259 g/mol. The van der Waals surface area contributed by atoms with Gasteiger partial charge in [-0.15, -0.1) is 12.4 Å². The Bertz CT molecular complexity index is 425. The van der Waals surface area contributed by atoms with Crippen LogP contribution in [0.1, 0.15) is 18.5 Å². The van der Waals surface area contributed by atoms with Crippen LogP contribution in [0.15, 0.2) is 16.9 Å². The molecule has 0 amide bonds. The number of aromatic nitrogens is 1. The van der Waals surface area contributed by atoms with Crippen molar-refractivity contribution in [2.24, 2.45) is 7.05 Å². The molecule has 17 heavy (non-hydrogen) atoms. The maximum Gasteiger partial charge on any atom is 0.254 e. The Morgan fingerprint density at radius 2 is 2.00 bits per heavy atom. The molecule has 0 spiro atoms. The molecule has 0 unspecified atom stereocenters.